The molecule has 0 fully saturated rings. The third kappa shape index (κ3) is 4.05. The summed E-state index contributed by atoms with van der Waals surface area (Å²) in [6.45, 7) is 1.84. The van der Waals surface area contributed by atoms with Gasteiger partial charge in [-0.1, -0.05) is 41.9 Å². The highest BCUT2D eigenvalue weighted by atomic mass is 79.9. The summed E-state index contributed by atoms with van der Waals surface area (Å²) in [7, 11) is -3.53. The molecule has 0 spiro atoms. The van der Waals surface area contributed by atoms with Crippen molar-refractivity contribution in [2.75, 3.05) is 0 Å². The van der Waals surface area contributed by atoms with Crippen LogP contribution in [0.25, 0.3) is 0 Å². The summed E-state index contributed by atoms with van der Waals surface area (Å²) < 4.78 is 27.9. The summed E-state index contributed by atoms with van der Waals surface area (Å²) in [6, 6.07) is 11.0. The topological polar surface area (TPSA) is 46.2 Å². The molecule has 0 aliphatic heterocycles. The van der Waals surface area contributed by atoms with Crippen LogP contribution in [0.3, 0.4) is 0 Å². The molecule has 3 nitrogen and oxygen atoms in total. The second kappa shape index (κ2) is 6.58. The molecular weight excluding hydrogens is 382 g/mol. The van der Waals surface area contributed by atoms with Crippen LogP contribution in [0.1, 0.15) is 12.5 Å². The van der Waals surface area contributed by atoms with Crippen molar-refractivity contribution in [3.05, 3.63) is 50.8 Å². The molecule has 1 N–H and O–H groups in total. The highest BCUT2D eigenvalue weighted by Crippen LogP contribution is 2.34. The van der Waals surface area contributed by atoms with Gasteiger partial charge in [-0.3, -0.25) is 0 Å². The Balaban J connectivity index is 2.08. The molecule has 0 saturated carbocycles. The largest absolute Gasteiger partial charge is 0.250 e. The fourth-order valence-electron chi connectivity index (χ4n) is 1.79. The molecule has 0 saturated heterocycles. The van der Waals surface area contributed by atoms with E-state index in [2.05, 4.69) is 20.7 Å². The van der Waals surface area contributed by atoms with Gasteiger partial charge in [0.1, 0.15) is 4.21 Å². The first-order valence-electron chi connectivity index (χ1n) is 5.89. The molecule has 0 radical (unpaired) electrons. The molecule has 0 bridgehead atoms. The van der Waals surface area contributed by atoms with Crippen molar-refractivity contribution in [1.29, 1.82) is 0 Å². The molecule has 1 heterocycles. The van der Waals surface area contributed by atoms with Gasteiger partial charge in [0.25, 0.3) is 0 Å². The van der Waals surface area contributed by atoms with Crippen LogP contribution < -0.4 is 4.72 Å². The molecule has 0 aliphatic carbocycles. The van der Waals surface area contributed by atoms with Gasteiger partial charge < -0.3 is 0 Å². The Morgan fingerprint density at radius 2 is 2.00 bits per heavy atom. The highest BCUT2D eigenvalue weighted by molar-refractivity contribution is 9.11. The molecule has 7 heteroatoms. The first kappa shape index (κ1) is 16.0. The lowest BCUT2D eigenvalue weighted by molar-refractivity contribution is 0.562. The van der Waals surface area contributed by atoms with E-state index in [4.69, 9.17) is 11.6 Å². The lowest BCUT2D eigenvalue weighted by Crippen LogP contribution is -2.33. The lowest BCUT2D eigenvalue weighted by atomic mass is 10.1. The maximum Gasteiger partial charge on any atom is 0.250 e. The van der Waals surface area contributed by atoms with E-state index in [1.54, 1.807) is 0 Å². The fourth-order valence-corrected chi connectivity index (χ4v) is 5.45. The summed E-state index contributed by atoms with van der Waals surface area (Å²) in [5, 5.41) is 0.408. The summed E-state index contributed by atoms with van der Waals surface area (Å²) in [4.78, 5) is 0. The molecular formula is C13H13BrClNO2S2. The second-order valence-electron chi connectivity index (χ2n) is 4.40. The Labute approximate surface area is 136 Å². The number of thiophene rings is 1. The van der Waals surface area contributed by atoms with E-state index in [-0.39, 0.29) is 10.3 Å². The van der Waals surface area contributed by atoms with Crippen LogP contribution in [0.2, 0.25) is 5.02 Å². The van der Waals surface area contributed by atoms with E-state index in [9.17, 15) is 8.42 Å². The number of hydrogen-bond acceptors (Lipinski definition) is 3. The molecule has 2 rings (SSSR count). The van der Waals surface area contributed by atoms with Gasteiger partial charge in [0.05, 0.1) is 8.81 Å². The Morgan fingerprint density at radius 1 is 1.35 bits per heavy atom. The SMILES string of the molecule is CC(Cc1ccccc1)NS(=O)(=O)c1cc(Cl)c(Br)s1. The molecule has 1 unspecified atom stereocenters. The van der Waals surface area contributed by atoms with Gasteiger partial charge in [-0.05, 0) is 40.9 Å². The summed E-state index contributed by atoms with van der Waals surface area (Å²) in [5.41, 5.74) is 1.09. The van der Waals surface area contributed by atoms with Crippen LogP contribution in [0, 0.1) is 0 Å². The predicted molar refractivity (Wildman–Crippen MR) is 87.0 cm³/mol. The van der Waals surface area contributed by atoms with E-state index in [1.807, 2.05) is 37.3 Å². The smallest absolute Gasteiger partial charge is 0.207 e. The van der Waals surface area contributed by atoms with Gasteiger partial charge >= 0.3 is 0 Å². The van der Waals surface area contributed by atoms with Crippen molar-refractivity contribution in [1.82, 2.24) is 4.72 Å². The molecule has 2 aromatic rings. The van der Waals surface area contributed by atoms with Crippen LogP contribution in [-0.2, 0) is 16.4 Å². The molecule has 1 atom stereocenters. The number of sulfonamides is 1. The maximum atomic E-state index is 12.2. The Kier molecular flexibility index (Phi) is 5.25. The van der Waals surface area contributed by atoms with Crippen molar-refractivity contribution >= 4 is 48.9 Å². The third-order valence-corrected chi connectivity index (χ3v) is 7.17. The normalized spacial score (nSPS) is 13.3. The quantitative estimate of drug-likeness (QED) is 0.831. The second-order valence-corrected chi connectivity index (χ2v) is 9.12. The minimum atomic E-state index is -3.53. The zero-order valence-electron chi connectivity index (χ0n) is 10.6. The molecule has 108 valence electrons. The zero-order valence-corrected chi connectivity index (χ0v) is 14.6. The number of rotatable bonds is 5. The van der Waals surface area contributed by atoms with E-state index in [1.165, 1.54) is 6.07 Å². The maximum absolute atomic E-state index is 12.2. The molecule has 20 heavy (non-hydrogen) atoms. The number of hydrogen-bond donors (Lipinski definition) is 1. The highest BCUT2D eigenvalue weighted by Gasteiger charge is 2.21. The van der Waals surface area contributed by atoms with Crippen LogP contribution in [0.15, 0.2) is 44.4 Å². The Hall–Kier alpha value is -0.400. The zero-order chi connectivity index (χ0) is 14.8. The van der Waals surface area contributed by atoms with Gasteiger partial charge in [-0.2, -0.15) is 0 Å². The van der Waals surface area contributed by atoms with Crippen molar-refractivity contribution in [3.63, 3.8) is 0 Å². The molecule has 0 amide bonds. The number of nitrogens with one attached hydrogen (secondary N) is 1. The minimum Gasteiger partial charge on any atom is -0.207 e. The molecule has 0 aliphatic rings. The van der Waals surface area contributed by atoms with Crippen molar-refractivity contribution in [2.24, 2.45) is 0 Å². The van der Waals surface area contributed by atoms with Crippen LogP contribution in [0.5, 0.6) is 0 Å². The average molecular weight is 395 g/mol. The van der Waals surface area contributed by atoms with Gasteiger partial charge in [0.2, 0.25) is 10.0 Å². The lowest BCUT2D eigenvalue weighted by Gasteiger charge is -2.13. The van der Waals surface area contributed by atoms with Gasteiger partial charge in [-0.25, -0.2) is 13.1 Å². The van der Waals surface area contributed by atoms with Gasteiger partial charge in [-0.15, -0.1) is 11.3 Å². The van der Waals surface area contributed by atoms with Gasteiger partial charge in [0.15, 0.2) is 0 Å². The number of halogens is 2. The van der Waals surface area contributed by atoms with Crippen molar-refractivity contribution < 1.29 is 8.42 Å². The van der Waals surface area contributed by atoms with Gasteiger partial charge in [0, 0.05) is 6.04 Å². The summed E-state index contributed by atoms with van der Waals surface area (Å²) in [5.74, 6) is 0. The first-order chi connectivity index (χ1) is 9.38. The Morgan fingerprint density at radius 3 is 2.55 bits per heavy atom. The summed E-state index contributed by atoms with van der Waals surface area (Å²) in [6.07, 6.45) is 0.639. The van der Waals surface area contributed by atoms with Crippen molar-refractivity contribution in [2.45, 2.75) is 23.6 Å². The van der Waals surface area contributed by atoms with E-state index in [0.717, 1.165) is 16.9 Å². The Bertz CT molecular complexity index is 666. The summed E-state index contributed by atoms with van der Waals surface area (Å²) >= 11 is 10.2. The predicted octanol–water partition coefficient (Wildman–Crippen LogP) is 4.07. The van der Waals surface area contributed by atoms with E-state index in [0.29, 0.717) is 15.2 Å². The average Bonchev–Trinajstić information content (AvgIpc) is 2.71. The standard InChI is InChI=1S/C13H13BrClNO2S2/c1-9(7-10-5-3-2-4-6-10)16-20(17,18)12-8-11(15)13(14)19-12/h2-6,8-9,16H,7H2,1H3. The van der Waals surface area contributed by atoms with E-state index < -0.39 is 10.0 Å². The van der Waals surface area contributed by atoms with E-state index >= 15 is 0 Å². The number of benzene rings is 1. The van der Waals surface area contributed by atoms with Crippen LogP contribution in [-0.4, -0.2) is 14.5 Å². The minimum absolute atomic E-state index is 0.193. The molecule has 1 aromatic heterocycles. The first-order valence-corrected chi connectivity index (χ1v) is 9.36. The fraction of sp³-hybridized carbons (Fsp3) is 0.231. The van der Waals surface area contributed by atoms with Crippen LogP contribution >= 0.6 is 38.9 Å². The molecule has 1 aromatic carbocycles. The third-order valence-electron chi connectivity index (χ3n) is 2.63. The van der Waals surface area contributed by atoms with Crippen molar-refractivity contribution in [3.8, 4) is 0 Å². The van der Waals surface area contributed by atoms with Crippen LogP contribution in [0.4, 0.5) is 0 Å². The monoisotopic (exact) mass is 393 g/mol.